The Bertz CT molecular complexity index is 1810. The summed E-state index contributed by atoms with van der Waals surface area (Å²) in [5.74, 6) is 2.94. The van der Waals surface area contributed by atoms with Gasteiger partial charge in [-0.25, -0.2) is 14.3 Å². The molecule has 1 aliphatic rings. The van der Waals surface area contributed by atoms with Crippen molar-refractivity contribution in [1.29, 1.82) is 0 Å². The average Bonchev–Trinajstić information content (AvgIpc) is 3.58. The molecule has 2 aromatic heterocycles. The molecule has 1 aliphatic heterocycles. The van der Waals surface area contributed by atoms with Gasteiger partial charge in [0, 0.05) is 42.3 Å². The molecular weight excluding hydrogens is 575 g/mol. The van der Waals surface area contributed by atoms with Gasteiger partial charge in [0.15, 0.2) is 0 Å². The summed E-state index contributed by atoms with van der Waals surface area (Å²) in [6, 6.07) is 14.9. The molecule has 0 aliphatic carbocycles. The van der Waals surface area contributed by atoms with E-state index < -0.39 is 27.8 Å². The number of alkyl halides is 3. The summed E-state index contributed by atoms with van der Waals surface area (Å²) in [6.07, 6.45) is 2.87. The van der Waals surface area contributed by atoms with E-state index in [0.717, 1.165) is 17.8 Å². The van der Waals surface area contributed by atoms with E-state index in [1.807, 2.05) is 18.3 Å². The number of rotatable bonds is 3. The molecule has 11 nitrogen and oxygen atoms in total. The summed E-state index contributed by atoms with van der Waals surface area (Å²) in [5.41, 5.74) is 1.15. The van der Waals surface area contributed by atoms with Gasteiger partial charge in [0.2, 0.25) is 0 Å². The van der Waals surface area contributed by atoms with Crippen LogP contribution in [0.1, 0.15) is 33.0 Å². The zero-order chi connectivity index (χ0) is 30.7. The molecule has 15 heteroatoms. The van der Waals surface area contributed by atoms with E-state index in [1.165, 1.54) is 29.0 Å². The van der Waals surface area contributed by atoms with Crippen LogP contribution >= 0.6 is 0 Å². The van der Waals surface area contributed by atoms with Crippen LogP contribution in [0.4, 0.5) is 18.9 Å². The smallest absolute Gasteiger partial charge is 0.311 e. The molecule has 1 N–H and O–H groups in total. The molecular formula is C27H24F3N7O4S. The fraction of sp³-hybridized carbons (Fsp3) is 0.185. The molecule has 0 radical (unpaired) electrons. The van der Waals surface area contributed by atoms with E-state index in [0.29, 0.717) is 24.3 Å². The maximum absolute atomic E-state index is 13.6. The first-order valence-electron chi connectivity index (χ1n) is 12.1. The van der Waals surface area contributed by atoms with Crippen molar-refractivity contribution in [2.75, 3.05) is 18.2 Å². The molecule has 42 heavy (non-hydrogen) atoms. The van der Waals surface area contributed by atoms with Crippen molar-refractivity contribution >= 4 is 27.8 Å². The highest BCUT2D eigenvalue weighted by molar-refractivity contribution is 7.85. The van der Waals surface area contributed by atoms with Gasteiger partial charge in [-0.3, -0.25) is 14.2 Å². The van der Waals surface area contributed by atoms with Crippen molar-refractivity contribution in [2.45, 2.75) is 19.8 Å². The Balaban J connectivity index is 0.000000748. The summed E-state index contributed by atoms with van der Waals surface area (Å²) in [6.45, 7) is 2.10. The fourth-order valence-corrected chi connectivity index (χ4v) is 3.77. The SMILES string of the molecule is CS(=O)(=O)O.Cc1ncn(-c2cc(N(C)C(=O)c3cccc(C#CN4C=Cc5ccnn5C4)c3)cc(C(F)(F)F)c2)n1. The first-order chi connectivity index (χ1) is 19.7. The number of fused-ring (bicyclic) bond motifs is 1. The molecule has 5 rings (SSSR count). The predicted octanol–water partition coefficient (Wildman–Crippen LogP) is 3.82. The number of anilines is 1. The molecule has 0 spiro atoms. The number of halogens is 3. The molecule has 0 unspecified atom stereocenters. The van der Waals surface area contributed by atoms with Crippen LogP contribution in [0.3, 0.4) is 0 Å². The van der Waals surface area contributed by atoms with Crippen molar-refractivity contribution in [2.24, 2.45) is 0 Å². The maximum atomic E-state index is 13.6. The van der Waals surface area contributed by atoms with E-state index >= 15 is 0 Å². The number of nitrogens with zero attached hydrogens (tertiary/aromatic N) is 7. The Hall–Kier alpha value is -4.94. The zero-order valence-electron chi connectivity index (χ0n) is 22.5. The van der Waals surface area contributed by atoms with Crippen LogP contribution in [-0.4, -0.2) is 61.6 Å². The second-order valence-corrected chi connectivity index (χ2v) is 10.5. The minimum Gasteiger partial charge on any atom is -0.311 e. The Morgan fingerprint density at radius 2 is 1.88 bits per heavy atom. The normalized spacial score (nSPS) is 12.5. The minimum atomic E-state index is -4.61. The van der Waals surface area contributed by atoms with Gasteiger partial charge >= 0.3 is 6.18 Å². The van der Waals surface area contributed by atoms with Gasteiger partial charge in [0.1, 0.15) is 18.8 Å². The number of hydrogen-bond acceptors (Lipinski definition) is 7. The van der Waals surface area contributed by atoms with Gasteiger partial charge in [-0.15, -0.1) is 0 Å². The molecule has 2 aromatic carbocycles. The topological polar surface area (TPSA) is 126 Å². The molecule has 1 amide bonds. The molecule has 3 heterocycles. The monoisotopic (exact) mass is 599 g/mol. The van der Waals surface area contributed by atoms with E-state index in [2.05, 4.69) is 27.1 Å². The van der Waals surface area contributed by atoms with Crippen LogP contribution < -0.4 is 4.90 Å². The zero-order valence-corrected chi connectivity index (χ0v) is 23.3. The third-order valence-electron chi connectivity index (χ3n) is 5.71. The van der Waals surface area contributed by atoms with Crippen LogP contribution in [0.2, 0.25) is 0 Å². The van der Waals surface area contributed by atoms with E-state index in [9.17, 15) is 26.4 Å². The summed E-state index contributed by atoms with van der Waals surface area (Å²) >= 11 is 0. The van der Waals surface area contributed by atoms with E-state index in [4.69, 9.17) is 4.55 Å². The lowest BCUT2D eigenvalue weighted by atomic mass is 10.1. The van der Waals surface area contributed by atoms with E-state index in [-0.39, 0.29) is 16.9 Å². The number of carbonyl (C=O) groups excluding carboxylic acids is 1. The number of aromatic nitrogens is 5. The van der Waals surface area contributed by atoms with E-state index in [1.54, 1.807) is 47.0 Å². The molecule has 0 bridgehead atoms. The van der Waals surface area contributed by atoms with Gasteiger partial charge in [-0.2, -0.15) is 31.8 Å². The largest absolute Gasteiger partial charge is 0.416 e. The molecule has 0 saturated carbocycles. The van der Waals surface area contributed by atoms with Crippen LogP contribution in [0.5, 0.6) is 0 Å². The summed E-state index contributed by atoms with van der Waals surface area (Å²) in [5, 5.41) is 8.31. The van der Waals surface area contributed by atoms with Gasteiger partial charge in [-0.05, 0) is 61.4 Å². The molecule has 218 valence electrons. The Morgan fingerprint density at radius 1 is 1.14 bits per heavy atom. The lowest BCUT2D eigenvalue weighted by Crippen LogP contribution is -2.27. The van der Waals surface area contributed by atoms with Crippen molar-refractivity contribution in [1.82, 2.24) is 29.4 Å². The van der Waals surface area contributed by atoms with Crippen molar-refractivity contribution in [3.8, 4) is 17.7 Å². The molecule has 4 aromatic rings. The lowest BCUT2D eigenvalue weighted by Gasteiger charge is -2.20. The molecule has 0 atom stereocenters. The van der Waals surface area contributed by atoms with Crippen LogP contribution in [0.25, 0.3) is 11.8 Å². The van der Waals surface area contributed by atoms with Gasteiger partial charge in [-0.1, -0.05) is 6.07 Å². The number of aryl methyl sites for hydroxylation is 1. The van der Waals surface area contributed by atoms with Crippen LogP contribution in [0.15, 0.2) is 67.3 Å². The van der Waals surface area contributed by atoms with Crippen molar-refractivity contribution in [3.63, 3.8) is 0 Å². The lowest BCUT2D eigenvalue weighted by molar-refractivity contribution is -0.137. The molecule has 0 saturated heterocycles. The second-order valence-electron chi connectivity index (χ2n) is 9.07. The Morgan fingerprint density at radius 3 is 2.55 bits per heavy atom. The first kappa shape index (κ1) is 30.0. The number of hydrogen-bond donors (Lipinski definition) is 1. The Labute approximate surface area is 239 Å². The number of carbonyl (C=O) groups is 1. The highest BCUT2D eigenvalue weighted by Crippen LogP contribution is 2.34. The third-order valence-corrected chi connectivity index (χ3v) is 5.71. The van der Waals surface area contributed by atoms with Crippen molar-refractivity contribution < 1.29 is 30.9 Å². The number of benzene rings is 2. The van der Waals surface area contributed by atoms with Gasteiger partial charge < -0.3 is 4.90 Å². The third kappa shape index (κ3) is 7.83. The maximum Gasteiger partial charge on any atom is 0.416 e. The molecule has 0 fully saturated rings. The quantitative estimate of drug-likeness (QED) is 0.278. The summed E-state index contributed by atoms with van der Waals surface area (Å²) < 4.78 is 69.8. The average molecular weight is 600 g/mol. The Kier molecular flexibility index (Phi) is 8.50. The van der Waals surface area contributed by atoms with Gasteiger partial charge in [0.25, 0.3) is 16.0 Å². The minimum absolute atomic E-state index is 0.0629. The summed E-state index contributed by atoms with van der Waals surface area (Å²) in [4.78, 5) is 20.2. The highest BCUT2D eigenvalue weighted by Gasteiger charge is 2.32. The highest BCUT2D eigenvalue weighted by atomic mass is 32.2. The van der Waals surface area contributed by atoms with Crippen molar-refractivity contribution in [3.05, 3.63) is 95.5 Å². The predicted molar refractivity (Wildman–Crippen MR) is 148 cm³/mol. The van der Waals surface area contributed by atoms with Crippen LogP contribution in [-0.2, 0) is 23.0 Å². The second kappa shape index (κ2) is 11.9. The first-order valence-corrected chi connectivity index (χ1v) is 13.9. The standard InChI is InChI=1S/C26H20F3N7O.CH4O3S/c1-18-30-16-35(32-18)24-14-21(26(27,28)29)13-23(15-24)33(2)25(37)20-5-3-4-19(12-20)7-10-34-11-8-22-6-9-31-36(22)17-34;1-5(2,3)4/h3-6,8-9,11-16H,17H2,1-2H3;1H3,(H,2,3,4). The number of amides is 1. The summed E-state index contributed by atoms with van der Waals surface area (Å²) in [7, 11) is -2.24. The van der Waals surface area contributed by atoms with Crippen LogP contribution in [0, 0.1) is 18.9 Å². The van der Waals surface area contributed by atoms with Gasteiger partial charge in [0.05, 0.1) is 23.2 Å². The fourth-order valence-electron chi connectivity index (χ4n) is 3.77.